The number of carbonyl (C=O) groups excluding carboxylic acids is 1. The van der Waals surface area contributed by atoms with Crippen LogP contribution in [0.5, 0.6) is 0 Å². The molecule has 19 heavy (non-hydrogen) atoms. The number of benzene rings is 1. The molecule has 0 saturated heterocycles. The summed E-state index contributed by atoms with van der Waals surface area (Å²) in [6.07, 6.45) is 4.14. The van der Waals surface area contributed by atoms with E-state index in [0.29, 0.717) is 17.4 Å². The second kappa shape index (κ2) is 5.97. The zero-order chi connectivity index (χ0) is 13.8. The van der Waals surface area contributed by atoms with Gasteiger partial charge < -0.3 is 9.88 Å². The number of nitrogens with zero attached hydrogens (tertiary/aromatic N) is 2. The first-order chi connectivity index (χ1) is 9.08. The number of hydrogen-bond donors (Lipinski definition) is 1. The molecule has 100 valence electrons. The molecule has 0 atom stereocenters. The van der Waals surface area contributed by atoms with Crippen LogP contribution in [-0.2, 0) is 13.5 Å². The molecule has 1 heterocycles. The average Bonchev–Trinajstić information content (AvgIpc) is 2.75. The fourth-order valence-corrected chi connectivity index (χ4v) is 2.03. The van der Waals surface area contributed by atoms with Crippen LogP contribution >= 0.6 is 15.9 Å². The van der Waals surface area contributed by atoms with Gasteiger partial charge in [0.15, 0.2) is 0 Å². The summed E-state index contributed by atoms with van der Waals surface area (Å²) >= 11 is 3.15. The minimum atomic E-state index is -0.538. The quantitative estimate of drug-likeness (QED) is 0.937. The van der Waals surface area contributed by atoms with Gasteiger partial charge in [-0.2, -0.15) is 0 Å². The van der Waals surface area contributed by atoms with Gasteiger partial charge >= 0.3 is 0 Å². The van der Waals surface area contributed by atoms with Gasteiger partial charge in [0.2, 0.25) is 0 Å². The fraction of sp³-hybridized carbons (Fsp3) is 0.231. The highest BCUT2D eigenvalue weighted by molar-refractivity contribution is 9.10. The van der Waals surface area contributed by atoms with Crippen LogP contribution in [0.1, 0.15) is 16.2 Å². The molecule has 0 aliphatic rings. The summed E-state index contributed by atoms with van der Waals surface area (Å²) in [5, 5.41) is 2.68. The van der Waals surface area contributed by atoms with Gasteiger partial charge in [0.25, 0.3) is 5.91 Å². The largest absolute Gasteiger partial charge is 0.351 e. The molecular formula is C13H13BrFN3O. The summed E-state index contributed by atoms with van der Waals surface area (Å²) in [6, 6.07) is 4.36. The predicted molar refractivity (Wildman–Crippen MR) is 73.3 cm³/mol. The predicted octanol–water partition coefficient (Wildman–Crippen LogP) is 2.29. The number of halogens is 2. The summed E-state index contributed by atoms with van der Waals surface area (Å²) in [5.74, 6) is -0.0837. The Labute approximate surface area is 118 Å². The normalized spacial score (nSPS) is 10.5. The lowest BCUT2D eigenvalue weighted by Gasteiger charge is -2.06. The van der Waals surface area contributed by atoms with Crippen LogP contribution in [0.25, 0.3) is 0 Å². The van der Waals surface area contributed by atoms with Crippen molar-refractivity contribution in [1.29, 1.82) is 0 Å². The van der Waals surface area contributed by atoms with Crippen LogP contribution in [-0.4, -0.2) is 22.0 Å². The van der Waals surface area contributed by atoms with Gasteiger partial charge in [-0.05, 0) is 18.2 Å². The van der Waals surface area contributed by atoms with Gasteiger partial charge in [-0.15, -0.1) is 0 Å². The van der Waals surface area contributed by atoms with Crippen molar-refractivity contribution in [2.24, 2.45) is 7.05 Å². The van der Waals surface area contributed by atoms with E-state index in [1.54, 1.807) is 12.3 Å². The lowest BCUT2D eigenvalue weighted by atomic mass is 10.2. The van der Waals surface area contributed by atoms with Crippen molar-refractivity contribution >= 4 is 21.8 Å². The maximum atomic E-state index is 13.6. The highest BCUT2D eigenvalue weighted by atomic mass is 79.9. The van der Waals surface area contributed by atoms with Crippen LogP contribution in [0, 0.1) is 5.82 Å². The summed E-state index contributed by atoms with van der Waals surface area (Å²) < 4.78 is 16.0. The zero-order valence-corrected chi connectivity index (χ0v) is 11.9. The number of aryl methyl sites for hydroxylation is 1. The molecule has 4 nitrogen and oxygen atoms in total. The van der Waals surface area contributed by atoms with Crippen molar-refractivity contribution < 1.29 is 9.18 Å². The van der Waals surface area contributed by atoms with E-state index in [2.05, 4.69) is 26.2 Å². The Hall–Kier alpha value is -1.69. The van der Waals surface area contributed by atoms with Crippen molar-refractivity contribution in [2.75, 3.05) is 6.54 Å². The van der Waals surface area contributed by atoms with Gasteiger partial charge in [0.05, 0.1) is 5.56 Å². The number of nitrogens with one attached hydrogen (secondary N) is 1. The first-order valence-corrected chi connectivity index (χ1v) is 6.56. The van der Waals surface area contributed by atoms with E-state index in [-0.39, 0.29) is 5.56 Å². The van der Waals surface area contributed by atoms with Crippen molar-refractivity contribution in [1.82, 2.24) is 14.9 Å². The van der Waals surface area contributed by atoms with Gasteiger partial charge in [0, 0.05) is 36.9 Å². The van der Waals surface area contributed by atoms with Gasteiger partial charge in [-0.3, -0.25) is 4.79 Å². The average molecular weight is 326 g/mol. The molecule has 0 aliphatic heterocycles. The van der Waals surface area contributed by atoms with E-state index < -0.39 is 11.7 Å². The zero-order valence-electron chi connectivity index (χ0n) is 10.4. The molecule has 2 rings (SSSR count). The summed E-state index contributed by atoms with van der Waals surface area (Å²) in [7, 11) is 1.89. The van der Waals surface area contributed by atoms with E-state index in [1.807, 2.05) is 17.8 Å². The van der Waals surface area contributed by atoms with Crippen LogP contribution in [0.15, 0.2) is 35.1 Å². The van der Waals surface area contributed by atoms with Crippen molar-refractivity contribution in [3.05, 3.63) is 52.3 Å². The Morgan fingerprint density at radius 2 is 2.32 bits per heavy atom. The lowest BCUT2D eigenvalue weighted by molar-refractivity contribution is 0.0950. The minimum Gasteiger partial charge on any atom is -0.351 e. The molecule has 0 saturated carbocycles. The van der Waals surface area contributed by atoms with E-state index in [0.717, 1.165) is 5.82 Å². The Balaban J connectivity index is 1.93. The maximum Gasteiger partial charge on any atom is 0.254 e. The SMILES string of the molecule is Cn1ccnc1CCNC(=O)c1ccc(Br)cc1F. The molecule has 1 aromatic heterocycles. The summed E-state index contributed by atoms with van der Waals surface area (Å²) in [4.78, 5) is 15.9. The van der Waals surface area contributed by atoms with Crippen molar-refractivity contribution in [3.8, 4) is 0 Å². The Morgan fingerprint density at radius 3 is 2.95 bits per heavy atom. The maximum absolute atomic E-state index is 13.6. The van der Waals surface area contributed by atoms with Crippen LogP contribution in [0.3, 0.4) is 0 Å². The number of amides is 1. The number of rotatable bonds is 4. The second-order valence-corrected chi connectivity index (χ2v) is 5.00. The minimum absolute atomic E-state index is 0.0445. The summed E-state index contributed by atoms with van der Waals surface area (Å²) in [6.45, 7) is 0.416. The summed E-state index contributed by atoms with van der Waals surface area (Å²) in [5.41, 5.74) is 0.0445. The molecule has 0 spiro atoms. The highest BCUT2D eigenvalue weighted by Gasteiger charge is 2.11. The molecule has 1 aromatic carbocycles. The topological polar surface area (TPSA) is 46.9 Å². The van der Waals surface area contributed by atoms with Crippen molar-refractivity contribution in [2.45, 2.75) is 6.42 Å². The first-order valence-electron chi connectivity index (χ1n) is 5.77. The molecule has 1 N–H and O–H groups in total. The van der Waals surface area contributed by atoms with Gasteiger partial charge in [-0.25, -0.2) is 9.37 Å². The lowest BCUT2D eigenvalue weighted by Crippen LogP contribution is -2.27. The second-order valence-electron chi connectivity index (χ2n) is 4.08. The molecule has 0 aliphatic carbocycles. The molecule has 1 amide bonds. The monoisotopic (exact) mass is 325 g/mol. The van der Waals surface area contributed by atoms with E-state index >= 15 is 0 Å². The van der Waals surface area contributed by atoms with Crippen molar-refractivity contribution in [3.63, 3.8) is 0 Å². The third kappa shape index (κ3) is 3.41. The standard InChI is InChI=1S/C13H13BrFN3O/c1-18-7-6-16-12(18)4-5-17-13(19)10-3-2-9(14)8-11(10)15/h2-3,6-8H,4-5H2,1H3,(H,17,19). The third-order valence-corrected chi connectivity index (χ3v) is 3.22. The number of hydrogen-bond acceptors (Lipinski definition) is 2. The first kappa shape index (κ1) is 13.7. The van der Waals surface area contributed by atoms with Crippen LogP contribution in [0.2, 0.25) is 0 Å². The van der Waals surface area contributed by atoms with E-state index in [4.69, 9.17) is 0 Å². The van der Waals surface area contributed by atoms with E-state index in [1.165, 1.54) is 12.1 Å². The third-order valence-electron chi connectivity index (χ3n) is 2.73. The smallest absolute Gasteiger partial charge is 0.254 e. The van der Waals surface area contributed by atoms with Gasteiger partial charge in [-0.1, -0.05) is 15.9 Å². The molecule has 0 radical (unpaired) electrons. The fourth-order valence-electron chi connectivity index (χ4n) is 1.69. The van der Waals surface area contributed by atoms with E-state index in [9.17, 15) is 9.18 Å². The van der Waals surface area contributed by atoms with Crippen LogP contribution in [0.4, 0.5) is 4.39 Å². The number of imidazole rings is 1. The Bertz CT molecular complexity index is 597. The molecule has 0 bridgehead atoms. The van der Waals surface area contributed by atoms with Crippen LogP contribution < -0.4 is 5.32 Å². The highest BCUT2D eigenvalue weighted by Crippen LogP contribution is 2.15. The molecule has 2 aromatic rings. The number of carbonyl (C=O) groups is 1. The molecule has 0 fully saturated rings. The van der Waals surface area contributed by atoms with Gasteiger partial charge in [0.1, 0.15) is 11.6 Å². The molecular weight excluding hydrogens is 313 g/mol. The Morgan fingerprint density at radius 1 is 1.53 bits per heavy atom. The Kier molecular flexibility index (Phi) is 4.31. The number of aromatic nitrogens is 2. The molecule has 0 unspecified atom stereocenters. The molecule has 6 heteroatoms.